The van der Waals surface area contributed by atoms with Gasteiger partial charge in [0.1, 0.15) is 6.04 Å². The molecular formula is C19H22N4O4. The maximum Gasteiger partial charge on any atom is 0.262 e. The van der Waals surface area contributed by atoms with Crippen LogP contribution in [0.25, 0.3) is 0 Å². The van der Waals surface area contributed by atoms with Crippen LogP contribution in [0.15, 0.2) is 18.2 Å². The summed E-state index contributed by atoms with van der Waals surface area (Å²) < 4.78 is 0. The molecule has 1 unspecified atom stereocenters. The van der Waals surface area contributed by atoms with E-state index in [1.165, 1.54) is 0 Å². The number of carbonyl (C=O) groups is 4. The topological polar surface area (TPSA) is 122 Å². The van der Waals surface area contributed by atoms with Crippen molar-refractivity contribution < 1.29 is 19.2 Å². The second kappa shape index (κ2) is 6.86. The summed E-state index contributed by atoms with van der Waals surface area (Å²) in [6, 6.07) is 4.84. The van der Waals surface area contributed by atoms with E-state index in [0.29, 0.717) is 23.7 Å². The number of hydrogen-bond donors (Lipinski definition) is 3. The highest BCUT2D eigenvalue weighted by Gasteiger charge is 2.44. The van der Waals surface area contributed by atoms with Gasteiger partial charge < -0.3 is 11.1 Å². The number of hydrogen-bond acceptors (Lipinski definition) is 6. The lowest BCUT2D eigenvalue weighted by Gasteiger charge is -2.27. The van der Waals surface area contributed by atoms with E-state index in [-0.39, 0.29) is 24.8 Å². The van der Waals surface area contributed by atoms with Crippen LogP contribution in [0.5, 0.6) is 0 Å². The van der Waals surface area contributed by atoms with E-state index in [4.69, 9.17) is 5.73 Å². The van der Waals surface area contributed by atoms with Gasteiger partial charge in [-0.15, -0.1) is 0 Å². The van der Waals surface area contributed by atoms with Crippen LogP contribution in [-0.2, 0) is 16.1 Å². The Kier molecular flexibility index (Phi) is 4.53. The largest absolute Gasteiger partial charge is 0.328 e. The van der Waals surface area contributed by atoms with Crippen LogP contribution in [0, 0.1) is 0 Å². The van der Waals surface area contributed by atoms with Gasteiger partial charge in [0.2, 0.25) is 11.8 Å². The lowest BCUT2D eigenvalue weighted by atomic mass is 10.0. The Morgan fingerprint density at radius 1 is 1.07 bits per heavy atom. The Morgan fingerprint density at radius 2 is 1.85 bits per heavy atom. The molecule has 4 N–H and O–H groups in total. The molecule has 142 valence electrons. The van der Waals surface area contributed by atoms with Crippen molar-refractivity contribution >= 4 is 23.6 Å². The van der Waals surface area contributed by atoms with Gasteiger partial charge in [-0.2, -0.15) is 0 Å². The van der Waals surface area contributed by atoms with Crippen molar-refractivity contribution in [1.29, 1.82) is 0 Å². The van der Waals surface area contributed by atoms with Gasteiger partial charge in [0.25, 0.3) is 11.8 Å². The standard InChI is InChI=1S/C19H22N4O4/c20-11-2-3-12(8-11)21-9-10-1-4-13-14(7-10)19(27)23(18(13)26)15-5-6-16(24)22-17(15)25/h1,4,7,11-12,15,21H,2-3,5-6,8-9,20H2,(H,22,24,25)/t11-,12-,15?/m0/s1. The summed E-state index contributed by atoms with van der Waals surface area (Å²) >= 11 is 0. The summed E-state index contributed by atoms with van der Waals surface area (Å²) in [6.07, 6.45) is 3.25. The van der Waals surface area contributed by atoms with E-state index in [1.54, 1.807) is 12.1 Å². The lowest BCUT2D eigenvalue weighted by Crippen LogP contribution is -2.54. The summed E-state index contributed by atoms with van der Waals surface area (Å²) in [5, 5.41) is 5.64. The number of piperidine rings is 1. The average molecular weight is 370 g/mol. The van der Waals surface area contributed by atoms with Crippen molar-refractivity contribution in [1.82, 2.24) is 15.5 Å². The fourth-order valence-electron chi connectivity index (χ4n) is 4.09. The third-order valence-electron chi connectivity index (χ3n) is 5.57. The minimum atomic E-state index is -0.934. The van der Waals surface area contributed by atoms with Crippen LogP contribution < -0.4 is 16.4 Å². The number of benzene rings is 1. The van der Waals surface area contributed by atoms with E-state index in [0.717, 1.165) is 29.7 Å². The fraction of sp³-hybridized carbons (Fsp3) is 0.474. The zero-order valence-electron chi connectivity index (χ0n) is 14.9. The van der Waals surface area contributed by atoms with Gasteiger partial charge in [-0.05, 0) is 43.4 Å². The van der Waals surface area contributed by atoms with Gasteiger partial charge in [-0.1, -0.05) is 6.07 Å². The molecule has 1 aliphatic carbocycles. The van der Waals surface area contributed by atoms with Crippen molar-refractivity contribution in [3.8, 4) is 0 Å². The second-order valence-electron chi connectivity index (χ2n) is 7.48. The van der Waals surface area contributed by atoms with Crippen LogP contribution in [0.1, 0.15) is 58.4 Å². The SMILES string of the molecule is N[C@H]1CC[C@H](NCc2ccc3c(c2)C(=O)N(C2CCC(=O)NC2=O)C3=O)C1. The number of rotatable bonds is 4. The van der Waals surface area contributed by atoms with Crippen molar-refractivity contribution in [3.05, 3.63) is 34.9 Å². The predicted octanol–water partition coefficient (Wildman–Crippen LogP) is 0.0572. The van der Waals surface area contributed by atoms with E-state index in [1.807, 2.05) is 6.07 Å². The molecule has 8 nitrogen and oxygen atoms in total. The van der Waals surface area contributed by atoms with E-state index >= 15 is 0 Å². The lowest BCUT2D eigenvalue weighted by molar-refractivity contribution is -0.136. The van der Waals surface area contributed by atoms with Crippen molar-refractivity contribution in [2.75, 3.05) is 0 Å². The first-order chi connectivity index (χ1) is 12.9. The van der Waals surface area contributed by atoms with Crippen LogP contribution in [-0.4, -0.2) is 46.7 Å². The minimum Gasteiger partial charge on any atom is -0.328 e. The Labute approximate surface area is 156 Å². The smallest absolute Gasteiger partial charge is 0.262 e. The molecule has 1 aromatic rings. The van der Waals surface area contributed by atoms with Crippen LogP contribution in [0.3, 0.4) is 0 Å². The molecule has 0 aromatic heterocycles. The van der Waals surface area contributed by atoms with Crippen molar-refractivity contribution in [3.63, 3.8) is 0 Å². The summed E-state index contributed by atoms with van der Waals surface area (Å²) in [6.45, 7) is 0.588. The second-order valence-corrected chi connectivity index (χ2v) is 7.48. The van der Waals surface area contributed by atoms with E-state index in [2.05, 4.69) is 10.6 Å². The first-order valence-corrected chi connectivity index (χ1v) is 9.27. The molecule has 0 bridgehead atoms. The third kappa shape index (κ3) is 3.26. The molecule has 27 heavy (non-hydrogen) atoms. The molecule has 4 amide bonds. The number of nitrogens with two attached hydrogens (primary N) is 1. The predicted molar refractivity (Wildman–Crippen MR) is 95.6 cm³/mol. The molecular weight excluding hydrogens is 348 g/mol. The molecule has 4 rings (SSSR count). The summed E-state index contributed by atoms with van der Waals surface area (Å²) in [7, 11) is 0. The molecule has 3 aliphatic rings. The maximum absolute atomic E-state index is 12.8. The van der Waals surface area contributed by atoms with E-state index < -0.39 is 23.8 Å². The summed E-state index contributed by atoms with van der Waals surface area (Å²) in [5.41, 5.74) is 7.44. The van der Waals surface area contributed by atoms with Gasteiger partial charge in [-0.25, -0.2) is 0 Å². The quantitative estimate of drug-likeness (QED) is 0.644. The van der Waals surface area contributed by atoms with Crippen molar-refractivity contribution in [2.45, 2.75) is 56.8 Å². The molecule has 0 radical (unpaired) electrons. The Balaban J connectivity index is 1.49. The first-order valence-electron chi connectivity index (χ1n) is 9.27. The van der Waals surface area contributed by atoms with Gasteiger partial charge in [0.05, 0.1) is 11.1 Å². The molecule has 2 fully saturated rings. The number of imide groups is 2. The molecule has 1 aromatic carbocycles. The molecule has 2 heterocycles. The number of fused-ring (bicyclic) bond motifs is 1. The van der Waals surface area contributed by atoms with Gasteiger partial charge in [0, 0.05) is 25.0 Å². The molecule has 1 saturated heterocycles. The molecule has 3 atom stereocenters. The van der Waals surface area contributed by atoms with Crippen molar-refractivity contribution in [2.24, 2.45) is 5.73 Å². The number of nitrogens with one attached hydrogen (secondary N) is 2. The molecule has 2 aliphatic heterocycles. The minimum absolute atomic E-state index is 0.114. The molecule has 0 spiro atoms. The van der Waals surface area contributed by atoms with Crippen LogP contribution in [0.4, 0.5) is 0 Å². The molecule has 1 saturated carbocycles. The Bertz CT molecular complexity index is 837. The highest BCUT2D eigenvalue weighted by Crippen LogP contribution is 2.28. The van der Waals surface area contributed by atoms with Gasteiger partial charge in [0.15, 0.2) is 0 Å². The highest BCUT2D eigenvalue weighted by molar-refractivity contribution is 6.23. The average Bonchev–Trinajstić information content (AvgIpc) is 3.16. The summed E-state index contributed by atoms with van der Waals surface area (Å²) in [5.74, 6) is -1.94. The zero-order chi connectivity index (χ0) is 19.1. The monoisotopic (exact) mass is 370 g/mol. The first kappa shape index (κ1) is 17.8. The van der Waals surface area contributed by atoms with E-state index in [9.17, 15) is 19.2 Å². The number of amides is 4. The number of nitrogens with zero attached hydrogens (tertiary/aromatic N) is 1. The highest BCUT2D eigenvalue weighted by atomic mass is 16.2. The molecule has 8 heteroatoms. The third-order valence-corrected chi connectivity index (χ3v) is 5.57. The Hall–Kier alpha value is -2.58. The summed E-state index contributed by atoms with van der Waals surface area (Å²) in [4.78, 5) is 49.8. The number of carbonyl (C=O) groups excluding carboxylic acids is 4. The van der Waals surface area contributed by atoms with Crippen LogP contribution >= 0.6 is 0 Å². The maximum atomic E-state index is 12.8. The normalized spacial score (nSPS) is 27.9. The van der Waals surface area contributed by atoms with Gasteiger partial charge >= 0.3 is 0 Å². The zero-order valence-corrected chi connectivity index (χ0v) is 14.9. The Morgan fingerprint density at radius 3 is 2.56 bits per heavy atom. The fourth-order valence-corrected chi connectivity index (χ4v) is 4.09. The van der Waals surface area contributed by atoms with Crippen LogP contribution in [0.2, 0.25) is 0 Å². The van der Waals surface area contributed by atoms with Gasteiger partial charge in [-0.3, -0.25) is 29.4 Å².